The maximum atomic E-state index is 13.3. The van der Waals surface area contributed by atoms with Gasteiger partial charge in [-0.1, -0.05) is 37.4 Å². The second-order valence-corrected chi connectivity index (χ2v) is 3.90. The van der Waals surface area contributed by atoms with E-state index in [4.69, 9.17) is 4.74 Å². The Labute approximate surface area is 110 Å². The maximum absolute atomic E-state index is 13.3. The Morgan fingerprint density at radius 2 is 1.11 bits per heavy atom. The Morgan fingerprint density at radius 3 is 1.47 bits per heavy atom. The second-order valence-electron chi connectivity index (χ2n) is 3.90. The molecule has 2 aromatic carbocycles. The van der Waals surface area contributed by atoms with E-state index in [-0.39, 0.29) is 22.6 Å². The van der Waals surface area contributed by atoms with E-state index >= 15 is 0 Å². The van der Waals surface area contributed by atoms with Gasteiger partial charge in [0.25, 0.3) is 0 Å². The van der Waals surface area contributed by atoms with Crippen molar-refractivity contribution >= 4 is 11.7 Å². The van der Waals surface area contributed by atoms with Gasteiger partial charge in [-0.05, 0) is 24.3 Å². The highest BCUT2D eigenvalue weighted by atomic mass is 19.1. The van der Waals surface area contributed by atoms with Crippen LogP contribution in [0.1, 0.15) is 11.1 Å². The fourth-order valence-corrected chi connectivity index (χ4v) is 1.68. The smallest absolute Gasteiger partial charge is 0.137 e. The van der Waals surface area contributed by atoms with Gasteiger partial charge >= 0.3 is 0 Å². The van der Waals surface area contributed by atoms with Crippen LogP contribution in [0.2, 0.25) is 0 Å². The van der Waals surface area contributed by atoms with Crippen LogP contribution in [0.15, 0.2) is 61.7 Å². The number of hydrogen-bond acceptors (Lipinski definition) is 1. The number of hydrogen-bond donors (Lipinski definition) is 0. The molecule has 0 heterocycles. The van der Waals surface area contributed by atoms with Crippen molar-refractivity contribution in [2.75, 3.05) is 0 Å². The van der Waals surface area contributed by atoms with Gasteiger partial charge in [-0.3, -0.25) is 0 Å². The van der Waals surface area contributed by atoms with Crippen molar-refractivity contribution in [3.05, 3.63) is 72.8 Å². The minimum atomic E-state index is -0.604. The molecular weight excluding hydrogens is 246 g/mol. The Hall–Kier alpha value is -2.42. The molecule has 0 bridgehead atoms. The summed E-state index contributed by atoms with van der Waals surface area (Å²) in [4.78, 5) is 0. The minimum absolute atomic E-state index is 0.238. The number of halogens is 2. The summed E-state index contributed by atoms with van der Waals surface area (Å²) in [5, 5.41) is 0. The van der Waals surface area contributed by atoms with E-state index in [0.717, 1.165) is 0 Å². The Bertz CT molecular complexity index is 577. The van der Waals surface area contributed by atoms with E-state index in [1.54, 1.807) is 48.5 Å². The Balaban J connectivity index is 2.42. The lowest BCUT2D eigenvalue weighted by Crippen LogP contribution is -1.92. The molecular formula is C16H12F2O. The van der Waals surface area contributed by atoms with Crippen LogP contribution < -0.4 is 4.74 Å². The minimum Gasteiger partial charge on any atom is -0.456 e. The third-order valence-electron chi connectivity index (χ3n) is 2.58. The maximum Gasteiger partial charge on any atom is 0.137 e. The summed E-state index contributed by atoms with van der Waals surface area (Å²) >= 11 is 0. The van der Waals surface area contributed by atoms with E-state index in [1.165, 1.54) is 0 Å². The van der Waals surface area contributed by atoms with Crippen LogP contribution in [0.4, 0.5) is 8.78 Å². The van der Waals surface area contributed by atoms with Crippen LogP contribution in [0.3, 0.4) is 0 Å². The molecule has 3 heteroatoms. The summed E-state index contributed by atoms with van der Waals surface area (Å²) in [7, 11) is 0. The lowest BCUT2D eigenvalue weighted by atomic mass is 10.1. The third-order valence-corrected chi connectivity index (χ3v) is 2.58. The molecule has 0 spiro atoms. The van der Waals surface area contributed by atoms with Crippen molar-refractivity contribution in [3.63, 3.8) is 0 Å². The molecule has 0 fully saturated rings. The van der Waals surface area contributed by atoms with Crippen LogP contribution in [0.25, 0.3) is 11.7 Å². The van der Waals surface area contributed by atoms with Gasteiger partial charge < -0.3 is 4.74 Å². The molecule has 0 aromatic heterocycles. The summed E-state index contributed by atoms with van der Waals surface area (Å²) in [6.07, 6.45) is 0. The average Bonchev–Trinajstić information content (AvgIpc) is 2.39. The van der Waals surface area contributed by atoms with Gasteiger partial charge in [0.15, 0.2) is 0 Å². The molecule has 0 aliphatic carbocycles. The second kappa shape index (κ2) is 5.48. The summed E-state index contributed by atoms with van der Waals surface area (Å²) in [5.74, 6) is -0.647. The monoisotopic (exact) mass is 258 g/mol. The fraction of sp³-hybridized carbons (Fsp3) is 0. The van der Waals surface area contributed by atoms with E-state index < -0.39 is 11.7 Å². The molecule has 0 unspecified atom stereocenters. The highest BCUT2D eigenvalue weighted by molar-refractivity contribution is 5.66. The van der Waals surface area contributed by atoms with E-state index in [9.17, 15) is 8.78 Å². The van der Waals surface area contributed by atoms with Gasteiger partial charge in [0.1, 0.15) is 23.2 Å². The van der Waals surface area contributed by atoms with Gasteiger partial charge in [0, 0.05) is 0 Å². The first kappa shape index (κ1) is 13.0. The normalized spacial score (nSPS) is 10.0. The van der Waals surface area contributed by atoms with Crippen molar-refractivity contribution < 1.29 is 13.5 Å². The zero-order chi connectivity index (χ0) is 13.8. The summed E-state index contributed by atoms with van der Waals surface area (Å²) in [5.41, 5.74) is 0.476. The lowest BCUT2D eigenvalue weighted by molar-refractivity contribution is 0.476. The fourth-order valence-electron chi connectivity index (χ4n) is 1.68. The van der Waals surface area contributed by atoms with Crippen molar-refractivity contribution in [1.82, 2.24) is 0 Å². The predicted octanol–water partition coefficient (Wildman–Crippen LogP) is 5.36. The van der Waals surface area contributed by atoms with Crippen LogP contribution in [-0.4, -0.2) is 0 Å². The van der Waals surface area contributed by atoms with Crippen LogP contribution in [0, 0.1) is 0 Å². The topological polar surface area (TPSA) is 9.23 Å². The van der Waals surface area contributed by atoms with Crippen LogP contribution in [-0.2, 0) is 0 Å². The van der Waals surface area contributed by atoms with Gasteiger partial charge in [-0.25, -0.2) is 8.78 Å². The highest BCUT2D eigenvalue weighted by Crippen LogP contribution is 2.34. The van der Waals surface area contributed by atoms with Crippen LogP contribution >= 0.6 is 0 Å². The molecule has 0 atom stereocenters. The highest BCUT2D eigenvalue weighted by Gasteiger charge is 2.11. The molecule has 0 radical (unpaired) electrons. The van der Waals surface area contributed by atoms with Gasteiger partial charge in [-0.2, -0.15) is 0 Å². The largest absolute Gasteiger partial charge is 0.456 e. The first-order valence-corrected chi connectivity index (χ1v) is 5.65. The molecule has 0 aliphatic heterocycles. The van der Waals surface area contributed by atoms with E-state index in [0.29, 0.717) is 0 Å². The zero-order valence-corrected chi connectivity index (χ0v) is 10.2. The molecule has 0 saturated heterocycles. The van der Waals surface area contributed by atoms with Gasteiger partial charge in [0.05, 0.1) is 11.1 Å². The molecule has 0 amide bonds. The molecule has 1 nitrogen and oxygen atoms in total. The third kappa shape index (κ3) is 2.88. The molecule has 96 valence electrons. The van der Waals surface area contributed by atoms with Crippen molar-refractivity contribution in [2.24, 2.45) is 0 Å². The number of ether oxygens (including phenoxy) is 1. The summed E-state index contributed by atoms with van der Waals surface area (Å²) < 4.78 is 32.1. The predicted molar refractivity (Wildman–Crippen MR) is 73.2 cm³/mol. The molecule has 0 N–H and O–H groups in total. The average molecular weight is 258 g/mol. The first-order valence-electron chi connectivity index (χ1n) is 5.65. The Morgan fingerprint density at radius 1 is 0.737 bits per heavy atom. The van der Waals surface area contributed by atoms with Gasteiger partial charge in [-0.15, -0.1) is 0 Å². The van der Waals surface area contributed by atoms with Crippen LogP contribution in [0.5, 0.6) is 11.5 Å². The van der Waals surface area contributed by atoms with Gasteiger partial charge in [0.2, 0.25) is 0 Å². The molecule has 0 aliphatic rings. The summed E-state index contributed by atoms with van der Waals surface area (Å²) in [6, 6.07) is 13.0. The first-order chi connectivity index (χ1) is 9.09. The Kier molecular flexibility index (Phi) is 3.76. The standard InChI is InChI=1S/C16H12F2O/c1-11(17)13-7-3-5-9-15(13)19-16-10-6-4-8-14(16)12(2)18/h3-10H,1-2H2. The lowest BCUT2D eigenvalue weighted by Gasteiger charge is -2.12. The molecule has 2 rings (SSSR count). The summed E-state index contributed by atoms with van der Waals surface area (Å²) in [6.45, 7) is 6.49. The van der Waals surface area contributed by atoms with E-state index in [1.807, 2.05) is 0 Å². The number of para-hydroxylation sites is 2. The molecule has 0 saturated carbocycles. The SMILES string of the molecule is C=C(F)c1ccccc1Oc1ccccc1C(=C)F. The number of rotatable bonds is 4. The van der Waals surface area contributed by atoms with Crippen molar-refractivity contribution in [2.45, 2.75) is 0 Å². The quantitative estimate of drug-likeness (QED) is 0.717. The van der Waals surface area contributed by atoms with E-state index in [2.05, 4.69) is 13.2 Å². The molecule has 19 heavy (non-hydrogen) atoms. The van der Waals surface area contributed by atoms with Crippen molar-refractivity contribution in [3.8, 4) is 11.5 Å². The zero-order valence-electron chi connectivity index (χ0n) is 10.2. The van der Waals surface area contributed by atoms with Crippen molar-refractivity contribution in [1.29, 1.82) is 0 Å². The number of benzene rings is 2. The molecule has 2 aromatic rings.